The summed E-state index contributed by atoms with van der Waals surface area (Å²) in [6.07, 6.45) is 0. The number of aryl methyl sites for hydroxylation is 1. The molecule has 0 saturated heterocycles. The molecule has 0 radical (unpaired) electrons. The summed E-state index contributed by atoms with van der Waals surface area (Å²) in [5, 5.41) is 21.0. The summed E-state index contributed by atoms with van der Waals surface area (Å²) < 4.78 is 3.26. The van der Waals surface area contributed by atoms with E-state index in [-0.39, 0.29) is 17.4 Å². The van der Waals surface area contributed by atoms with Crippen LogP contribution in [0.15, 0.2) is 28.1 Å². The molecule has 21 heavy (non-hydrogen) atoms. The monoisotopic (exact) mass is 282 g/mol. The first-order chi connectivity index (χ1) is 9.99. The zero-order chi connectivity index (χ0) is 15.6. The van der Waals surface area contributed by atoms with E-state index in [0.717, 1.165) is 11.0 Å². The van der Waals surface area contributed by atoms with E-state index in [9.17, 15) is 4.79 Å². The van der Waals surface area contributed by atoms with Crippen molar-refractivity contribution in [1.29, 1.82) is 10.5 Å². The van der Waals surface area contributed by atoms with Crippen LogP contribution in [0.3, 0.4) is 0 Å². The van der Waals surface area contributed by atoms with Crippen LogP contribution in [0.25, 0.3) is 11.0 Å². The molecule has 0 aliphatic rings. The number of hydrogen-bond acceptors (Lipinski definition) is 5. The lowest BCUT2D eigenvalue weighted by atomic mass is 10.2. The fourth-order valence-electron chi connectivity index (χ4n) is 2.13. The number of fused-ring (bicyclic) bond motifs is 1. The third-order valence-corrected chi connectivity index (χ3v) is 3.11. The van der Waals surface area contributed by atoms with Crippen molar-refractivity contribution in [3.05, 3.63) is 28.7 Å². The van der Waals surface area contributed by atoms with Gasteiger partial charge in [-0.25, -0.2) is 4.79 Å². The quantitative estimate of drug-likeness (QED) is 0.684. The number of rotatable bonds is 3. The molecule has 1 N–H and O–H groups in total. The standard InChI is InChI=1S/C14H14N6O/c1-9(2)20-13-6-10(17-18-11(7-15)8-16)4-5-12(13)19(3)14(20)21/h4-6,9,17H,1-3H3. The zero-order valence-corrected chi connectivity index (χ0v) is 12.0. The van der Waals surface area contributed by atoms with Crippen molar-refractivity contribution in [3.8, 4) is 12.1 Å². The fraction of sp³-hybridized carbons (Fsp3) is 0.286. The Morgan fingerprint density at radius 2 is 1.95 bits per heavy atom. The Balaban J connectivity index is 2.55. The number of imidazole rings is 1. The smallest absolute Gasteiger partial charge is 0.295 e. The van der Waals surface area contributed by atoms with Gasteiger partial charge in [0.25, 0.3) is 0 Å². The van der Waals surface area contributed by atoms with Crippen molar-refractivity contribution in [2.24, 2.45) is 12.1 Å². The molecule has 0 atom stereocenters. The molecule has 1 aromatic heterocycles. The molecule has 0 aliphatic heterocycles. The molecular weight excluding hydrogens is 268 g/mol. The van der Waals surface area contributed by atoms with Gasteiger partial charge in [-0.2, -0.15) is 15.6 Å². The van der Waals surface area contributed by atoms with Crippen LogP contribution in [0, 0.1) is 22.7 Å². The summed E-state index contributed by atoms with van der Waals surface area (Å²) in [6.45, 7) is 3.87. The first-order valence-corrected chi connectivity index (χ1v) is 6.34. The number of nitrogens with zero attached hydrogens (tertiary/aromatic N) is 5. The van der Waals surface area contributed by atoms with E-state index in [4.69, 9.17) is 10.5 Å². The first-order valence-electron chi connectivity index (χ1n) is 6.34. The third-order valence-electron chi connectivity index (χ3n) is 3.11. The third kappa shape index (κ3) is 2.49. The van der Waals surface area contributed by atoms with Gasteiger partial charge in [-0.3, -0.25) is 14.6 Å². The highest BCUT2D eigenvalue weighted by molar-refractivity contribution is 6.10. The lowest BCUT2D eigenvalue weighted by molar-refractivity contribution is 0.583. The molecule has 0 amide bonds. The largest absolute Gasteiger partial charge is 0.329 e. The van der Waals surface area contributed by atoms with Crippen LogP contribution in [-0.2, 0) is 7.05 Å². The van der Waals surface area contributed by atoms with Crippen LogP contribution in [0.1, 0.15) is 19.9 Å². The second-order valence-electron chi connectivity index (χ2n) is 4.80. The van der Waals surface area contributed by atoms with Crippen LogP contribution in [0.5, 0.6) is 0 Å². The summed E-state index contributed by atoms with van der Waals surface area (Å²) >= 11 is 0. The van der Waals surface area contributed by atoms with Gasteiger partial charge in [-0.05, 0) is 32.0 Å². The molecule has 0 fully saturated rings. The van der Waals surface area contributed by atoms with Gasteiger partial charge in [0.2, 0.25) is 5.71 Å². The number of nitriles is 2. The summed E-state index contributed by atoms with van der Waals surface area (Å²) in [6, 6.07) is 8.67. The number of benzene rings is 1. The highest BCUT2D eigenvalue weighted by atomic mass is 16.1. The zero-order valence-electron chi connectivity index (χ0n) is 12.0. The van der Waals surface area contributed by atoms with E-state index in [1.165, 1.54) is 0 Å². The normalized spacial score (nSPS) is 10.2. The van der Waals surface area contributed by atoms with Crippen LogP contribution in [-0.4, -0.2) is 14.8 Å². The SMILES string of the molecule is CC(C)n1c(=O)n(C)c2ccc(NN=C(C#N)C#N)cc21. The molecule has 0 aliphatic carbocycles. The minimum Gasteiger partial charge on any atom is -0.295 e. The van der Waals surface area contributed by atoms with Crippen molar-refractivity contribution in [3.63, 3.8) is 0 Å². The van der Waals surface area contributed by atoms with Gasteiger partial charge in [-0.15, -0.1) is 0 Å². The topological polar surface area (TPSA) is 98.9 Å². The molecule has 0 spiro atoms. The Morgan fingerprint density at radius 3 is 2.52 bits per heavy atom. The van der Waals surface area contributed by atoms with Gasteiger partial charge >= 0.3 is 5.69 Å². The number of hydrazone groups is 1. The van der Waals surface area contributed by atoms with E-state index in [1.807, 2.05) is 13.8 Å². The van der Waals surface area contributed by atoms with Crippen LogP contribution < -0.4 is 11.1 Å². The molecule has 0 saturated carbocycles. The van der Waals surface area contributed by atoms with Crippen molar-refractivity contribution in [2.75, 3.05) is 5.43 Å². The molecule has 106 valence electrons. The molecular formula is C14H14N6O. The molecule has 7 heteroatoms. The number of anilines is 1. The van der Waals surface area contributed by atoms with E-state index in [2.05, 4.69) is 10.5 Å². The van der Waals surface area contributed by atoms with Crippen LogP contribution in [0.4, 0.5) is 5.69 Å². The molecule has 2 aromatic rings. The van der Waals surface area contributed by atoms with Crippen LogP contribution in [0.2, 0.25) is 0 Å². The van der Waals surface area contributed by atoms with Crippen molar-refractivity contribution in [2.45, 2.75) is 19.9 Å². The Hall–Kier alpha value is -3.06. The maximum absolute atomic E-state index is 12.2. The van der Waals surface area contributed by atoms with Crippen molar-refractivity contribution < 1.29 is 0 Å². The predicted octanol–water partition coefficient (Wildman–Crippen LogP) is 1.74. The van der Waals surface area contributed by atoms with Gasteiger partial charge in [0, 0.05) is 13.1 Å². The first kappa shape index (κ1) is 14.4. The summed E-state index contributed by atoms with van der Waals surface area (Å²) in [5.74, 6) is 0. The Bertz CT molecular complexity index is 840. The van der Waals surface area contributed by atoms with E-state index < -0.39 is 0 Å². The van der Waals surface area contributed by atoms with Gasteiger partial charge in [0.1, 0.15) is 12.1 Å². The lowest BCUT2D eigenvalue weighted by Crippen LogP contribution is -2.23. The summed E-state index contributed by atoms with van der Waals surface area (Å²) in [4.78, 5) is 12.2. The maximum atomic E-state index is 12.2. The average molecular weight is 282 g/mol. The Morgan fingerprint density at radius 1 is 1.29 bits per heavy atom. The van der Waals surface area contributed by atoms with Gasteiger partial charge in [0.05, 0.1) is 16.7 Å². The second-order valence-corrected chi connectivity index (χ2v) is 4.80. The van der Waals surface area contributed by atoms with E-state index in [1.54, 1.807) is 46.5 Å². The van der Waals surface area contributed by atoms with Crippen LogP contribution >= 0.6 is 0 Å². The molecule has 0 bridgehead atoms. The lowest BCUT2D eigenvalue weighted by Gasteiger charge is -2.07. The minimum atomic E-state index is -0.260. The Kier molecular flexibility index (Phi) is 3.77. The minimum absolute atomic E-state index is 0.0220. The number of aromatic nitrogens is 2. The predicted molar refractivity (Wildman–Crippen MR) is 79.8 cm³/mol. The van der Waals surface area contributed by atoms with Crippen molar-refractivity contribution >= 4 is 22.4 Å². The van der Waals surface area contributed by atoms with Crippen molar-refractivity contribution in [1.82, 2.24) is 9.13 Å². The van der Waals surface area contributed by atoms with E-state index in [0.29, 0.717) is 5.69 Å². The Labute approximate surface area is 121 Å². The number of nitrogens with one attached hydrogen (secondary N) is 1. The summed E-state index contributed by atoms with van der Waals surface area (Å²) in [5.41, 5.74) is 4.49. The molecule has 7 nitrogen and oxygen atoms in total. The van der Waals surface area contributed by atoms with E-state index >= 15 is 0 Å². The number of hydrogen-bond donors (Lipinski definition) is 1. The molecule has 0 unspecified atom stereocenters. The molecule has 2 rings (SSSR count). The highest BCUT2D eigenvalue weighted by Gasteiger charge is 2.13. The molecule has 1 aromatic carbocycles. The maximum Gasteiger partial charge on any atom is 0.329 e. The second kappa shape index (κ2) is 5.51. The average Bonchev–Trinajstić information content (AvgIpc) is 2.71. The van der Waals surface area contributed by atoms with Gasteiger partial charge in [-0.1, -0.05) is 0 Å². The van der Waals surface area contributed by atoms with Gasteiger partial charge < -0.3 is 0 Å². The highest BCUT2D eigenvalue weighted by Crippen LogP contribution is 2.20. The van der Waals surface area contributed by atoms with Gasteiger partial charge in [0.15, 0.2) is 0 Å². The molecule has 1 heterocycles. The summed E-state index contributed by atoms with van der Waals surface area (Å²) in [7, 11) is 1.72. The fourth-order valence-corrected chi connectivity index (χ4v) is 2.13.